The summed E-state index contributed by atoms with van der Waals surface area (Å²) in [6.45, 7) is 6.90. The van der Waals surface area contributed by atoms with Crippen LogP contribution in [0.15, 0.2) is 36.5 Å². The smallest absolute Gasteiger partial charge is 0.257 e. The lowest BCUT2D eigenvalue weighted by Crippen LogP contribution is -2.31. The molecule has 0 radical (unpaired) electrons. The lowest BCUT2D eigenvalue weighted by atomic mass is 10.1. The molecule has 0 aliphatic carbocycles. The molecule has 7 heteroatoms. The Morgan fingerprint density at radius 3 is 2.63 bits per heavy atom. The lowest BCUT2D eigenvalue weighted by Gasteiger charge is -2.21. The van der Waals surface area contributed by atoms with E-state index in [1.807, 2.05) is 32.9 Å². The van der Waals surface area contributed by atoms with Crippen LogP contribution in [0.1, 0.15) is 29.9 Å². The molecule has 0 aliphatic rings. The van der Waals surface area contributed by atoms with Gasteiger partial charge in [0.15, 0.2) is 5.65 Å². The summed E-state index contributed by atoms with van der Waals surface area (Å²) >= 11 is 5.90. The molecule has 0 spiro atoms. The quantitative estimate of drug-likeness (QED) is 0.673. The third-order valence-corrected chi connectivity index (χ3v) is 4.63. The zero-order valence-electron chi connectivity index (χ0n) is 15.4. The summed E-state index contributed by atoms with van der Waals surface area (Å²) in [5, 5.41) is 3.92. The van der Waals surface area contributed by atoms with Crippen molar-refractivity contribution in [3.05, 3.63) is 58.6 Å². The van der Waals surface area contributed by atoms with E-state index in [1.165, 1.54) is 18.3 Å². The van der Waals surface area contributed by atoms with Gasteiger partial charge in [0.05, 0.1) is 16.3 Å². The first-order valence-corrected chi connectivity index (χ1v) is 9.10. The molecule has 1 N–H and O–H groups in total. The molecule has 3 rings (SSSR count). The molecule has 1 aromatic carbocycles. The largest absolute Gasteiger partial charge is 0.354 e. The molecule has 0 atom stereocenters. The molecule has 2 aromatic heterocycles. The summed E-state index contributed by atoms with van der Waals surface area (Å²) in [6.07, 6.45) is 1.53. The second kappa shape index (κ2) is 7.88. The highest BCUT2D eigenvalue weighted by molar-refractivity contribution is 6.31. The summed E-state index contributed by atoms with van der Waals surface area (Å²) in [6, 6.07) is 8.06. The van der Waals surface area contributed by atoms with Crippen molar-refractivity contribution in [1.82, 2.24) is 14.9 Å². The number of rotatable bonds is 5. The van der Waals surface area contributed by atoms with E-state index >= 15 is 0 Å². The maximum absolute atomic E-state index is 13.5. The number of nitrogens with one attached hydrogen (secondary N) is 1. The van der Waals surface area contributed by atoms with Crippen LogP contribution in [0.4, 0.5) is 15.8 Å². The highest BCUT2D eigenvalue weighted by atomic mass is 35.5. The van der Waals surface area contributed by atoms with Crippen LogP contribution >= 0.6 is 11.6 Å². The van der Waals surface area contributed by atoms with Crippen LogP contribution in [0, 0.1) is 12.7 Å². The van der Waals surface area contributed by atoms with Crippen molar-refractivity contribution >= 4 is 39.9 Å². The number of anilines is 2. The number of benzene rings is 1. The predicted octanol–water partition coefficient (Wildman–Crippen LogP) is 4.96. The number of fused-ring (bicyclic) bond motifs is 1. The number of carbonyl (C=O) groups is 1. The number of halogens is 2. The van der Waals surface area contributed by atoms with Crippen LogP contribution < -0.4 is 5.32 Å². The average molecular weight is 387 g/mol. The second-order valence-corrected chi connectivity index (χ2v) is 6.51. The van der Waals surface area contributed by atoms with Crippen molar-refractivity contribution in [2.75, 3.05) is 18.4 Å². The fraction of sp³-hybridized carbons (Fsp3) is 0.250. The number of nitrogens with zero attached hydrogens (tertiary/aromatic N) is 3. The molecule has 0 saturated carbocycles. The highest BCUT2D eigenvalue weighted by Crippen LogP contribution is 2.31. The van der Waals surface area contributed by atoms with Crippen LogP contribution in [0.3, 0.4) is 0 Å². The van der Waals surface area contributed by atoms with Gasteiger partial charge in [-0.15, -0.1) is 0 Å². The predicted molar refractivity (Wildman–Crippen MR) is 106 cm³/mol. The molecule has 5 nitrogen and oxygen atoms in total. The number of hydrogen-bond donors (Lipinski definition) is 1. The molecule has 27 heavy (non-hydrogen) atoms. The third kappa shape index (κ3) is 3.85. The Morgan fingerprint density at radius 1 is 1.22 bits per heavy atom. The van der Waals surface area contributed by atoms with E-state index in [-0.39, 0.29) is 10.9 Å². The maximum Gasteiger partial charge on any atom is 0.257 e. The first kappa shape index (κ1) is 19.0. The van der Waals surface area contributed by atoms with Gasteiger partial charge in [-0.05, 0) is 51.1 Å². The van der Waals surface area contributed by atoms with Gasteiger partial charge in [0.2, 0.25) is 0 Å². The van der Waals surface area contributed by atoms with Crippen LogP contribution in [0.2, 0.25) is 5.02 Å². The van der Waals surface area contributed by atoms with Crippen molar-refractivity contribution in [2.45, 2.75) is 20.8 Å². The molecule has 0 aliphatic heterocycles. The minimum Gasteiger partial charge on any atom is -0.354 e. The molecule has 3 aromatic rings. The number of hydrogen-bond acceptors (Lipinski definition) is 4. The Bertz CT molecular complexity index is 1000. The van der Waals surface area contributed by atoms with Crippen LogP contribution in [0.5, 0.6) is 0 Å². The van der Waals surface area contributed by atoms with Crippen LogP contribution in [0.25, 0.3) is 11.0 Å². The van der Waals surface area contributed by atoms with Crippen LogP contribution in [-0.2, 0) is 0 Å². The zero-order valence-corrected chi connectivity index (χ0v) is 16.1. The van der Waals surface area contributed by atoms with E-state index < -0.39 is 5.82 Å². The van der Waals surface area contributed by atoms with Gasteiger partial charge in [-0.2, -0.15) is 0 Å². The Morgan fingerprint density at radius 2 is 1.96 bits per heavy atom. The minimum atomic E-state index is -0.501. The van der Waals surface area contributed by atoms with Gasteiger partial charge in [0, 0.05) is 36.1 Å². The minimum absolute atomic E-state index is 0.00366. The molecule has 0 fully saturated rings. The van der Waals surface area contributed by atoms with E-state index in [9.17, 15) is 9.18 Å². The van der Waals surface area contributed by atoms with Gasteiger partial charge in [-0.1, -0.05) is 11.6 Å². The Hall–Kier alpha value is -2.73. The molecular formula is C20H20ClFN4O. The fourth-order valence-electron chi connectivity index (χ4n) is 2.87. The first-order chi connectivity index (χ1) is 12.9. The topological polar surface area (TPSA) is 58.1 Å². The van der Waals surface area contributed by atoms with E-state index in [0.717, 1.165) is 5.69 Å². The number of pyridine rings is 2. The highest BCUT2D eigenvalue weighted by Gasteiger charge is 2.20. The monoisotopic (exact) mass is 386 g/mol. The number of amides is 1. The summed E-state index contributed by atoms with van der Waals surface area (Å²) in [7, 11) is 0. The molecule has 0 unspecified atom stereocenters. The number of carbonyl (C=O) groups excluding carboxylic acids is 1. The molecule has 2 heterocycles. The summed E-state index contributed by atoms with van der Waals surface area (Å²) in [4.78, 5) is 23.5. The molecule has 1 amide bonds. The molecular weight excluding hydrogens is 367 g/mol. The molecule has 0 bridgehead atoms. The third-order valence-electron chi connectivity index (χ3n) is 4.34. The van der Waals surface area contributed by atoms with Crippen molar-refractivity contribution in [1.29, 1.82) is 0 Å². The summed E-state index contributed by atoms with van der Waals surface area (Å²) in [5.41, 5.74) is 2.93. The second-order valence-electron chi connectivity index (χ2n) is 6.10. The van der Waals surface area contributed by atoms with Crippen LogP contribution in [-0.4, -0.2) is 33.9 Å². The van der Waals surface area contributed by atoms with Gasteiger partial charge in [0.1, 0.15) is 5.82 Å². The maximum atomic E-state index is 13.5. The SMILES string of the molecule is CCN(CC)C(=O)c1cnc2nc(C)ccc2c1Nc1ccc(F)c(Cl)c1. The van der Waals surface area contributed by atoms with Gasteiger partial charge in [-0.3, -0.25) is 4.79 Å². The Kier molecular flexibility index (Phi) is 5.56. The van der Waals surface area contributed by atoms with E-state index in [2.05, 4.69) is 15.3 Å². The first-order valence-electron chi connectivity index (χ1n) is 8.72. The van der Waals surface area contributed by atoms with Crippen molar-refractivity contribution in [2.24, 2.45) is 0 Å². The average Bonchev–Trinajstić information content (AvgIpc) is 2.65. The normalized spacial score (nSPS) is 10.9. The molecule has 140 valence electrons. The van der Waals surface area contributed by atoms with Gasteiger partial charge >= 0.3 is 0 Å². The van der Waals surface area contributed by atoms with Crippen molar-refractivity contribution in [3.8, 4) is 0 Å². The lowest BCUT2D eigenvalue weighted by molar-refractivity contribution is 0.0774. The Labute approximate surface area is 162 Å². The van der Waals surface area contributed by atoms with Gasteiger partial charge < -0.3 is 10.2 Å². The summed E-state index contributed by atoms with van der Waals surface area (Å²) < 4.78 is 13.5. The van der Waals surface area contributed by atoms with E-state index in [0.29, 0.717) is 41.1 Å². The molecule has 0 saturated heterocycles. The van der Waals surface area contributed by atoms with E-state index in [1.54, 1.807) is 11.0 Å². The van der Waals surface area contributed by atoms with E-state index in [4.69, 9.17) is 11.6 Å². The zero-order chi connectivity index (χ0) is 19.6. The standard InChI is InChI=1S/C20H20ClFN4O/c1-4-26(5-2)20(27)15-11-23-19-14(8-6-12(3)24-19)18(15)25-13-7-9-17(22)16(21)10-13/h6-11H,4-5H2,1-3H3,(H,23,24,25). The van der Waals surface area contributed by atoms with Gasteiger partial charge in [-0.25, -0.2) is 14.4 Å². The summed E-state index contributed by atoms with van der Waals surface area (Å²) in [5.74, 6) is -0.635. The Balaban J connectivity index is 2.17. The fourth-order valence-corrected chi connectivity index (χ4v) is 3.05. The van der Waals surface area contributed by atoms with Crippen molar-refractivity contribution < 1.29 is 9.18 Å². The van der Waals surface area contributed by atoms with Crippen molar-refractivity contribution in [3.63, 3.8) is 0 Å². The number of aryl methyl sites for hydroxylation is 1. The van der Waals surface area contributed by atoms with Gasteiger partial charge in [0.25, 0.3) is 5.91 Å². The number of aromatic nitrogens is 2.